The van der Waals surface area contributed by atoms with Crippen LogP contribution in [-0.4, -0.2) is 39.2 Å². The smallest absolute Gasteiger partial charge is 0.329 e. The summed E-state index contributed by atoms with van der Waals surface area (Å²) >= 11 is 5.73. The van der Waals surface area contributed by atoms with Gasteiger partial charge in [-0.05, 0) is 17.7 Å². The van der Waals surface area contributed by atoms with E-state index >= 15 is 0 Å². The fourth-order valence-electron chi connectivity index (χ4n) is 1.70. The molecule has 1 N–H and O–H groups in total. The fourth-order valence-corrected chi connectivity index (χ4v) is 3.38. The number of carbonyl (C=O) groups is 2. The van der Waals surface area contributed by atoms with Gasteiger partial charge in [0.1, 0.15) is 6.04 Å². The SMILES string of the molecule is COC(=O)C(CS(=O)(=O)Cc1ccc(Cl)cc1)NC(C)=O. The van der Waals surface area contributed by atoms with Crippen molar-refractivity contribution >= 4 is 33.3 Å². The highest BCUT2D eigenvalue weighted by Crippen LogP contribution is 2.13. The molecule has 0 fully saturated rings. The van der Waals surface area contributed by atoms with Crippen molar-refractivity contribution in [2.45, 2.75) is 18.7 Å². The number of hydrogen-bond acceptors (Lipinski definition) is 5. The van der Waals surface area contributed by atoms with Crippen molar-refractivity contribution in [2.75, 3.05) is 12.9 Å². The predicted molar refractivity (Wildman–Crippen MR) is 78.6 cm³/mol. The molecule has 0 saturated heterocycles. The van der Waals surface area contributed by atoms with Crippen molar-refractivity contribution in [2.24, 2.45) is 0 Å². The zero-order valence-electron chi connectivity index (χ0n) is 11.6. The molecule has 0 radical (unpaired) electrons. The second kappa shape index (κ2) is 7.42. The largest absolute Gasteiger partial charge is 0.467 e. The Labute approximate surface area is 128 Å². The van der Waals surface area contributed by atoms with E-state index < -0.39 is 33.5 Å². The predicted octanol–water partition coefficient (Wildman–Crippen LogP) is 0.932. The second-order valence-corrected chi connectivity index (χ2v) is 7.00. The topological polar surface area (TPSA) is 89.5 Å². The van der Waals surface area contributed by atoms with Crippen molar-refractivity contribution in [1.82, 2.24) is 5.32 Å². The molecule has 1 unspecified atom stereocenters. The molecule has 21 heavy (non-hydrogen) atoms. The van der Waals surface area contributed by atoms with Gasteiger partial charge in [-0.3, -0.25) is 4.79 Å². The molecule has 116 valence electrons. The lowest BCUT2D eigenvalue weighted by Gasteiger charge is -2.15. The molecule has 0 aliphatic rings. The normalized spacial score (nSPS) is 12.5. The highest BCUT2D eigenvalue weighted by atomic mass is 35.5. The number of hydrogen-bond donors (Lipinski definition) is 1. The van der Waals surface area contributed by atoms with E-state index in [1.807, 2.05) is 0 Å². The van der Waals surface area contributed by atoms with Crippen molar-refractivity contribution in [3.05, 3.63) is 34.9 Å². The lowest BCUT2D eigenvalue weighted by molar-refractivity contribution is -0.144. The van der Waals surface area contributed by atoms with Crippen LogP contribution in [0.1, 0.15) is 12.5 Å². The van der Waals surface area contributed by atoms with Gasteiger partial charge in [-0.1, -0.05) is 23.7 Å². The van der Waals surface area contributed by atoms with Gasteiger partial charge in [0.05, 0.1) is 18.6 Å². The van der Waals surface area contributed by atoms with Gasteiger partial charge in [-0.25, -0.2) is 13.2 Å². The van der Waals surface area contributed by atoms with E-state index in [9.17, 15) is 18.0 Å². The van der Waals surface area contributed by atoms with Gasteiger partial charge in [-0.2, -0.15) is 0 Å². The average molecular weight is 334 g/mol. The summed E-state index contributed by atoms with van der Waals surface area (Å²) in [7, 11) is -2.48. The summed E-state index contributed by atoms with van der Waals surface area (Å²) in [5.41, 5.74) is 0.547. The summed E-state index contributed by atoms with van der Waals surface area (Å²) in [5.74, 6) is -2.09. The van der Waals surface area contributed by atoms with Crippen LogP contribution in [0.5, 0.6) is 0 Å². The Balaban J connectivity index is 2.82. The Morgan fingerprint density at radius 3 is 2.33 bits per heavy atom. The van der Waals surface area contributed by atoms with Crippen LogP contribution in [0, 0.1) is 0 Å². The number of rotatable bonds is 6. The lowest BCUT2D eigenvalue weighted by atomic mass is 10.2. The lowest BCUT2D eigenvalue weighted by Crippen LogP contribution is -2.45. The Morgan fingerprint density at radius 1 is 1.29 bits per heavy atom. The highest BCUT2D eigenvalue weighted by molar-refractivity contribution is 7.90. The van der Waals surface area contributed by atoms with E-state index in [1.54, 1.807) is 24.3 Å². The Hall–Kier alpha value is -1.60. The van der Waals surface area contributed by atoms with Gasteiger partial charge < -0.3 is 10.1 Å². The molecule has 8 heteroatoms. The van der Waals surface area contributed by atoms with Crippen molar-refractivity contribution < 1.29 is 22.7 Å². The monoisotopic (exact) mass is 333 g/mol. The van der Waals surface area contributed by atoms with E-state index in [2.05, 4.69) is 10.1 Å². The molecular formula is C13H16ClNO5S. The summed E-state index contributed by atoms with van der Waals surface area (Å²) in [5, 5.41) is 2.77. The number of esters is 1. The quantitative estimate of drug-likeness (QED) is 0.782. The van der Waals surface area contributed by atoms with Crippen molar-refractivity contribution in [3.8, 4) is 0 Å². The first-order chi connectivity index (χ1) is 9.73. The summed E-state index contributed by atoms with van der Waals surface area (Å²) < 4.78 is 28.7. The molecule has 0 aromatic heterocycles. The average Bonchev–Trinajstić information content (AvgIpc) is 2.38. The zero-order chi connectivity index (χ0) is 16.0. The van der Waals surface area contributed by atoms with Crippen LogP contribution in [0.3, 0.4) is 0 Å². The number of carbonyl (C=O) groups excluding carboxylic acids is 2. The summed E-state index contributed by atoms with van der Waals surface area (Å²) in [4.78, 5) is 22.5. The van der Waals surface area contributed by atoms with Crippen molar-refractivity contribution in [1.29, 1.82) is 0 Å². The molecule has 0 bridgehead atoms. The first kappa shape index (κ1) is 17.5. The number of methoxy groups -OCH3 is 1. The van der Waals surface area contributed by atoms with E-state index in [0.29, 0.717) is 10.6 Å². The molecule has 6 nitrogen and oxygen atoms in total. The van der Waals surface area contributed by atoms with E-state index in [1.165, 1.54) is 6.92 Å². The first-order valence-electron chi connectivity index (χ1n) is 6.03. The highest BCUT2D eigenvalue weighted by Gasteiger charge is 2.27. The number of ether oxygens (including phenoxy) is 1. The number of halogens is 1. The van der Waals surface area contributed by atoms with Crippen LogP contribution >= 0.6 is 11.6 Å². The Morgan fingerprint density at radius 2 is 1.86 bits per heavy atom. The minimum Gasteiger partial charge on any atom is -0.467 e. The third kappa shape index (κ3) is 6.14. The maximum atomic E-state index is 12.1. The fraction of sp³-hybridized carbons (Fsp3) is 0.385. The number of sulfone groups is 1. The van der Waals surface area contributed by atoms with Gasteiger partial charge in [0.2, 0.25) is 5.91 Å². The van der Waals surface area contributed by atoms with Crippen LogP contribution in [0.15, 0.2) is 24.3 Å². The van der Waals surface area contributed by atoms with Gasteiger partial charge in [0.25, 0.3) is 0 Å². The molecule has 1 aromatic carbocycles. The number of amides is 1. The summed E-state index contributed by atoms with van der Waals surface area (Å²) in [6, 6.07) is 5.12. The third-order valence-electron chi connectivity index (χ3n) is 2.58. The van der Waals surface area contributed by atoms with E-state index in [0.717, 1.165) is 7.11 Å². The molecule has 1 aromatic rings. The molecule has 0 aliphatic heterocycles. The number of benzene rings is 1. The van der Waals surface area contributed by atoms with Crippen LogP contribution < -0.4 is 5.32 Å². The molecule has 0 spiro atoms. The molecule has 1 atom stereocenters. The van der Waals surface area contributed by atoms with Crippen LogP contribution in [0.25, 0.3) is 0 Å². The minimum atomic E-state index is -3.61. The van der Waals surface area contributed by atoms with Crippen LogP contribution in [0.4, 0.5) is 0 Å². The van der Waals surface area contributed by atoms with Crippen LogP contribution in [0.2, 0.25) is 5.02 Å². The van der Waals surface area contributed by atoms with Gasteiger partial charge in [0, 0.05) is 11.9 Å². The maximum absolute atomic E-state index is 12.1. The second-order valence-electron chi connectivity index (χ2n) is 4.46. The first-order valence-corrected chi connectivity index (χ1v) is 8.23. The molecule has 0 aliphatic carbocycles. The molecule has 1 amide bonds. The van der Waals surface area contributed by atoms with Crippen LogP contribution in [-0.2, 0) is 29.9 Å². The minimum absolute atomic E-state index is 0.253. The Kier molecular flexibility index (Phi) is 6.17. The molecular weight excluding hydrogens is 318 g/mol. The van der Waals surface area contributed by atoms with Gasteiger partial charge in [0.15, 0.2) is 9.84 Å². The van der Waals surface area contributed by atoms with Gasteiger partial charge >= 0.3 is 5.97 Å². The van der Waals surface area contributed by atoms with E-state index in [4.69, 9.17) is 11.6 Å². The molecule has 1 rings (SSSR count). The van der Waals surface area contributed by atoms with Gasteiger partial charge in [-0.15, -0.1) is 0 Å². The maximum Gasteiger partial charge on any atom is 0.329 e. The molecule has 0 saturated carbocycles. The summed E-state index contributed by atoms with van der Waals surface area (Å²) in [6.45, 7) is 1.20. The zero-order valence-corrected chi connectivity index (χ0v) is 13.2. The summed E-state index contributed by atoms with van der Waals surface area (Å²) in [6.07, 6.45) is 0. The van der Waals surface area contributed by atoms with E-state index in [-0.39, 0.29) is 5.75 Å². The third-order valence-corrected chi connectivity index (χ3v) is 4.45. The standard InChI is InChI=1S/C13H16ClNO5S/c1-9(16)15-12(13(17)20-2)8-21(18,19)7-10-3-5-11(14)6-4-10/h3-6,12H,7-8H2,1-2H3,(H,15,16). The van der Waals surface area contributed by atoms with Crippen molar-refractivity contribution in [3.63, 3.8) is 0 Å². The molecule has 0 heterocycles. The Bertz CT molecular complexity index is 612. The number of nitrogens with one attached hydrogen (secondary N) is 1.